The topological polar surface area (TPSA) is 191 Å². The van der Waals surface area contributed by atoms with Gasteiger partial charge in [0.25, 0.3) is 17.7 Å². The second-order valence-electron chi connectivity index (χ2n) is 5.87. The summed E-state index contributed by atoms with van der Waals surface area (Å²) in [5, 5.41) is 41.7. The van der Waals surface area contributed by atoms with Crippen LogP contribution in [0.15, 0.2) is 0 Å². The van der Waals surface area contributed by atoms with Crippen LogP contribution in [0.4, 0.5) is 0 Å². The lowest BCUT2D eigenvalue weighted by Crippen LogP contribution is -2.37. The van der Waals surface area contributed by atoms with Gasteiger partial charge in [-0.15, -0.1) is 0 Å². The zero-order valence-electron chi connectivity index (χ0n) is 15.3. The fourth-order valence-electron chi connectivity index (χ4n) is 2.04. The van der Waals surface area contributed by atoms with Gasteiger partial charge in [-0.3, -0.25) is 14.4 Å². The Hall–Kier alpha value is -0.540. The van der Waals surface area contributed by atoms with Gasteiger partial charge < -0.3 is 41.5 Å². The van der Waals surface area contributed by atoms with Gasteiger partial charge in [-0.25, -0.2) is 0 Å². The van der Waals surface area contributed by atoms with E-state index < -0.39 is 49.8 Å². The first-order chi connectivity index (χ1) is 14.0. The molecule has 14 heteroatoms. The molecular weight excluding hydrogens is 743 g/mol. The average molecular weight is 763 g/mol. The maximum Gasteiger partial charge on any atom is 0.255 e. The summed E-state index contributed by atoms with van der Waals surface area (Å²) in [5.74, 6) is -1.94. The summed E-state index contributed by atoms with van der Waals surface area (Å²) in [6.07, 6.45) is -2.33. The Balaban J connectivity index is 3.44. The molecule has 0 radical (unpaired) electrons. The van der Waals surface area contributed by atoms with E-state index in [4.69, 9.17) is 20.7 Å². The van der Waals surface area contributed by atoms with Gasteiger partial charge in [0.1, 0.15) is 5.75 Å². The van der Waals surface area contributed by atoms with Crippen molar-refractivity contribution in [2.24, 2.45) is 5.73 Å². The summed E-state index contributed by atoms with van der Waals surface area (Å²) in [4.78, 5) is 36.6. The minimum Gasteiger partial charge on any atom is -0.482 e. The molecule has 0 fully saturated rings. The second kappa shape index (κ2) is 13.1. The highest BCUT2D eigenvalue weighted by atomic mass is 127. The van der Waals surface area contributed by atoms with E-state index in [0.717, 1.165) is 0 Å². The fourth-order valence-corrected chi connectivity index (χ4v) is 6.49. The van der Waals surface area contributed by atoms with Crippen LogP contribution in [0, 0.1) is 10.7 Å². The van der Waals surface area contributed by atoms with Crippen molar-refractivity contribution in [2.75, 3.05) is 32.9 Å². The number of benzene rings is 1. The Morgan fingerprint density at radius 3 is 1.60 bits per heavy atom. The molecule has 1 aromatic carbocycles. The van der Waals surface area contributed by atoms with E-state index in [1.807, 2.05) is 67.8 Å². The van der Waals surface area contributed by atoms with Crippen molar-refractivity contribution in [3.8, 4) is 5.75 Å². The highest BCUT2D eigenvalue weighted by molar-refractivity contribution is 14.1. The summed E-state index contributed by atoms with van der Waals surface area (Å²) in [6.45, 7) is -2.03. The molecule has 0 aliphatic rings. The predicted molar refractivity (Wildman–Crippen MR) is 130 cm³/mol. The molecule has 0 heterocycles. The molecule has 0 aliphatic carbocycles. The van der Waals surface area contributed by atoms with Crippen LogP contribution >= 0.6 is 67.8 Å². The maximum atomic E-state index is 12.7. The SMILES string of the molecule is NC(=O)COc1c(I)c(C(=O)NCC(O)CO)c(I)c(C(=O)NCC(O)CO)c1I. The van der Waals surface area contributed by atoms with Gasteiger partial charge in [-0.2, -0.15) is 0 Å². The Kier molecular flexibility index (Phi) is 12.0. The number of halogens is 3. The molecule has 0 saturated heterocycles. The van der Waals surface area contributed by atoms with Crippen molar-refractivity contribution in [3.63, 3.8) is 0 Å². The van der Waals surface area contributed by atoms with Crippen LogP contribution in [-0.2, 0) is 4.79 Å². The first kappa shape index (κ1) is 27.5. The van der Waals surface area contributed by atoms with Gasteiger partial charge in [0.2, 0.25) is 0 Å². The third kappa shape index (κ3) is 7.55. The lowest BCUT2D eigenvalue weighted by atomic mass is 10.1. The molecule has 0 saturated carbocycles. The van der Waals surface area contributed by atoms with Crippen molar-refractivity contribution in [1.82, 2.24) is 10.6 Å². The number of nitrogens with one attached hydrogen (secondary N) is 2. The molecule has 0 aliphatic heterocycles. The highest BCUT2D eigenvalue weighted by Gasteiger charge is 2.29. The zero-order chi connectivity index (χ0) is 23.0. The van der Waals surface area contributed by atoms with Crippen LogP contribution in [-0.4, -0.2) is 83.3 Å². The fraction of sp³-hybridized carbons (Fsp3) is 0.438. The van der Waals surface area contributed by atoms with Crippen LogP contribution in [0.25, 0.3) is 0 Å². The van der Waals surface area contributed by atoms with E-state index in [0.29, 0.717) is 7.14 Å². The lowest BCUT2D eigenvalue weighted by molar-refractivity contribution is -0.119. The third-order valence-corrected chi connectivity index (χ3v) is 6.64. The van der Waals surface area contributed by atoms with Gasteiger partial charge in [-0.05, 0) is 67.8 Å². The molecule has 3 amide bonds. The number of ether oxygens (including phenoxy) is 1. The molecule has 8 N–H and O–H groups in total. The molecule has 1 rings (SSSR count). The molecular formula is C16H20I3N3O8. The molecule has 0 spiro atoms. The first-order valence-corrected chi connectivity index (χ1v) is 11.5. The van der Waals surface area contributed by atoms with Crippen LogP contribution in [0.5, 0.6) is 5.75 Å². The minimum absolute atomic E-state index is 0.0640. The van der Waals surface area contributed by atoms with E-state index in [1.165, 1.54) is 0 Å². The van der Waals surface area contributed by atoms with E-state index in [-0.39, 0.29) is 33.5 Å². The predicted octanol–water partition coefficient (Wildman–Crippen LogP) is -1.47. The summed E-state index contributed by atoms with van der Waals surface area (Å²) >= 11 is 5.48. The Morgan fingerprint density at radius 2 is 1.27 bits per heavy atom. The van der Waals surface area contributed by atoms with Gasteiger partial charge in [-0.1, -0.05) is 0 Å². The first-order valence-electron chi connectivity index (χ1n) is 8.30. The number of carbonyl (C=O) groups excluding carboxylic acids is 3. The Morgan fingerprint density at radius 1 is 0.867 bits per heavy atom. The van der Waals surface area contributed by atoms with Gasteiger partial charge in [0.05, 0.1) is 43.7 Å². The van der Waals surface area contributed by atoms with Crippen LogP contribution in [0.2, 0.25) is 0 Å². The van der Waals surface area contributed by atoms with Crippen LogP contribution in [0.1, 0.15) is 20.7 Å². The van der Waals surface area contributed by atoms with Crippen molar-refractivity contribution in [1.29, 1.82) is 0 Å². The zero-order valence-corrected chi connectivity index (χ0v) is 21.8. The van der Waals surface area contributed by atoms with Crippen LogP contribution < -0.4 is 21.1 Å². The molecule has 2 unspecified atom stereocenters. The number of nitrogens with two attached hydrogens (primary N) is 1. The average Bonchev–Trinajstić information content (AvgIpc) is 2.69. The van der Waals surface area contributed by atoms with Gasteiger partial charge >= 0.3 is 0 Å². The monoisotopic (exact) mass is 763 g/mol. The molecule has 0 aromatic heterocycles. The molecule has 168 valence electrons. The normalized spacial score (nSPS) is 12.8. The number of hydrogen-bond donors (Lipinski definition) is 7. The van der Waals surface area contributed by atoms with E-state index >= 15 is 0 Å². The molecule has 0 bridgehead atoms. The number of carbonyl (C=O) groups is 3. The lowest BCUT2D eigenvalue weighted by Gasteiger charge is -2.19. The Bertz CT molecular complexity index is 755. The smallest absolute Gasteiger partial charge is 0.255 e. The highest BCUT2D eigenvalue weighted by Crippen LogP contribution is 2.37. The summed E-state index contributed by atoms with van der Waals surface area (Å²) < 4.78 is 6.31. The third-order valence-electron chi connectivity index (χ3n) is 3.51. The number of aliphatic hydroxyl groups is 4. The van der Waals surface area contributed by atoms with E-state index in [9.17, 15) is 24.6 Å². The number of hydrogen-bond acceptors (Lipinski definition) is 8. The standard InChI is InChI=1S/C16H20I3N3O8/c17-11-9(15(28)21-1-6(25)3-23)12(18)14(30-5-8(20)27)13(19)10(11)16(29)22-2-7(26)4-24/h6-7,23-26H,1-5H2,(H2,20,27)(H,21,28)(H,22,29). The van der Waals surface area contributed by atoms with Crippen molar-refractivity contribution < 1.29 is 39.5 Å². The summed E-state index contributed by atoms with van der Waals surface area (Å²) in [5.41, 5.74) is 5.25. The van der Waals surface area contributed by atoms with Gasteiger partial charge in [0.15, 0.2) is 6.61 Å². The molecule has 1 aromatic rings. The quantitative estimate of drug-likeness (QED) is 0.133. The van der Waals surface area contributed by atoms with Crippen LogP contribution in [0.3, 0.4) is 0 Å². The number of primary amides is 1. The second-order valence-corrected chi connectivity index (χ2v) is 9.11. The largest absolute Gasteiger partial charge is 0.482 e. The van der Waals surface area contributed by atoms with Crippen molar-refractivity contribution in [3.05, 3.63) is 21.8 Å². The summed E-state index contributed by atoms with van der Waals surface area (Å²) in [7, 11) is 0. The van der Waals surface area contributed by atoms with Crippen molar-refractivity contribution in [2.45, 2.75) is 12.2 Å². The molecule has 11 nitrogen and oxygen atoms in total. The summed E-state index contributed by atoms with van der Waals surface area (Å²) in [6, 6.07) is 0. The van der Waals surface area contributed by atoms with Gasteiger partial charge in [0, 0.05) is 16.7 Å². The molecule has 2 atom stereocenters. The molecule has 30 heavy (non-hydrogen) atoms. The number of rotatable bonds is 11. The van der Waals surface area contributed by atoms with E-state index in [1.54, 1.807) is 0 Å². The minimum atomic E-state index is -1.17. The Labute approximate surface area is 212 Å². The number of aliphatic hydroxyl groups excluding tert-OH is 4. The van der Waals surface area contributed by atoms with E-state index in [2.05, 4.69) is 10.6 Å². The van der Waals surface area contributed by atoms with Crippen molar-refractivity contribution >= 4 is 85.5 Å². The number of amides is 3. The maximum absolute atomic E-state index is 12.7.